The molecule has 0 aromatic heterocycles. The number of nitrogens with zero attached hydrogens (tertiary/aromatic N) is 1. The zero-order chi connectivity index (χ0) is 19.8. The van der Waals surface area contributed by atoms with Gasteiger partial charge in [-0.05, 0) is 37.6 Å². The maximum Gasteiger partial charge on any atom is 0.328 e. The Hall–Kier alpha value is -3.15. The molecular weight excluding hydrogens is 344 g/mol. The number of hydrogen-bond acceptors (Lipinski definition) is 4. The van der Waals surface area contributed by atoms with Crippen molar-refractivity contribution in [2.75, 3.05) is 11.9 Å². The van der Waals surface area contributed by atoms with Gasteiger partial charge in [-0.1, -0.05) is 36.4 Å². The second kappa shape index (κ2) is 9.52. The number of esters is 1. The van der Waals surface area contributed by atoms with Gasteiger partial charge in [0.25, 0.3) is 5.91 Å². The summed E-state index contributed by atoms with van der Waals surface area (Å²) in [5.74, 6) is -0.993. The number of hydrogen-bond donors (Lipinski definition) is 1. The fourth-order valence-corrected chi connectivity index (χ4v) is 2.65. The Morgan fingerprint density at radius 3 is 2.41 bits per heavy atom. The maximum absolute atomic E-state index is 13.1. The standard InChI is InChI=1S/C21H24N2O4/c1-4-27-21(26)15(2)23(14-17-9-6-5-7-10-17)20(25)18-11-8-12-19(13-18)22-16(3)24/h5-13,15H,4,14H2,1-3H3,(H,22,24). The molecule has 6 heteroatoms. The normalized spacial score (nSPS) is 11.4. The van der Waals surface area contributed by atoms with Crippen molar-refractivity contribution < 1.29 is 19.1 Å². The van der Waals surface area contributed by atoms with Gasteiger partial charge in [-0.3, -0.25) is 9.59 Å². The second-order valence-corrected chi connectivity index (χ2v) is 6.11. The van der Waals surface area contributed by atoms with E-state index in [1.54, 1.807) is 38.1 Å². The number of benzene rings is 2. The van der Waals surface area contributed by atoms with Crippen molar-refractivity contribution in [2.24, 2.45) is 0 Å². The Morgan fingerprint density at radius 2 is 1.78 bits per heavy atom. The van der Waals surface area contributed by atoms with E-state index in [0.29, 0.717) is 11.3 Å². The number of rotatable bonds is 7. The number of nitrogens with one attached hydrogen (secondary N) is 1. The lowest BCUT2D eigenvalue weighted by Gasteiger charge is -2.28. The molecule has 1 N–H and O–H groups in total. The molecule has 0 spiro atoms. The smallest absolute Gasteiger partial charge is 0.328 e. The summed E-state index contributed by atoms with van der Waals surface area (Å²) in [5, 5.41) is 2.66. The van der Waals surface area contributed by atoms with Crippen LogP contribution in [0.15, 0.2) is 54.6 Å². The third-order valence-corrected chi connectivity index (χ3v) is 3.98. The fourth-order valence-electron chi connectivity index (χ4n) is 2.65. The molecule has 0 radical (unpaired) electrons. The van der Waals surface area contributed by atoms with Crippen LogP contribution in [-0.4, -0.2) is 35.3 Å². The average molecular weight is 368 g/mol. The molecule has 1 atom stereocenters. The zero-order valence-corrected chi connectivity index (χ0v) is 15.8. The minimum Gasteiger partial charge on any atom is -0.464 e. The van der Waals surface area contributed by atoms with Gasteiger partial charge in [0.2, 0.25) is 5.91 Å². The van der Waals surface area contributed by atoms with Crippen LogP contribution in [0.2, 0.25) is 0 Å². The van der Waals surface area contributed by atoms with Crippen LogP contribution in [0.4, 0.5) is 5.69 Å². The van der Waals surface area contributed by atoms with Gasteiger partial charge in [0.1, 0.15) is 6.04 Å². The third-order valence-electron chi connectivity index (χ3n) is 3.98. The quantitative estimate of drug-likeness (QED) is 0.761. The van der Waals surface area contributed by atoms with E-state index in [1.807, 2.05) is 30.3 Å². The van der Waals surface area contributed by atoms with E-state index in [-0.39, 0.29) is 25.0 Å². The molecule has 0 saturated heterocycles. The lowest BCUT2D eigenvalue weighted by atomic mass is 10.1. The van der Waals surface area contributed by atoms with Gasteiger partial charge in [0, 0.05) is 24.7 Å². The molecule has 2 aromatic carbocycles. The topological polar surface area (TPSA) is 75.7 Å². The summed E-state index contributed by atoms with van der Waals surface area (Å²) in [6.07, 6.45) is 0. The summed E-state index contributed by atoms with van der Waals surface area (Å²) in [7, 11) is 0. The Morgan fingerprint density at radius 1 is 1.07 bits per heavy atom. The van der Waals surface area contributed by atoms with Gasteiger partial charge < -0.3 is 15.0 Å². The molecule has 0 saturated carbocycles. The second-order valence-electron chi connectivity index (χ2n) is 6.11. The van der Waals surface area contributed by atoms with Crippen LogP contribution in [0.25, 0.3) is 0 Å². The highest BCUT2D eigenvalue weighted by Crippen LogP contribution is 2.17. The summed E-state index contributed by atoms with van der Waals surface area (Å²) in [5.41, 5.74) is 1.81. The predicted molar refractivity (Wildman–Crippen MR) is 103 cm³/mol. The Balaban J connectivity index is 2.32. The first kappa shape index (κ1) is 20.2. The van der Waals surface area contributed by atoms with Crippen LogP contribution in [0, 0.1) is 0 Å². The molecule has 2 amide bonds. The largest absolute Gasteiger partial charge is 0.464 e. The molecule has 0 aliphatic heterocycles. The molecule has 6 nitrogen and oxygen atoms in total. The number of ether oxygens (including phenoxy) is 1. The van der Waals surface area contributed by atoms with Gasteiger partial charge in [0.15, 0.2) is 0 Å². The number of carbonyl (C=O) groups is 3. The maximum atomic E-state index is 13.1. The van der Waals surface area contributed by atoms with Gasteiger partial charge in [0.05, 0.1) is 6.61 Å². The Kier molecular flexibility index (Phi) is 7.11. The van der Waals surface area contributed by atoms with E-state index in [0.717, 1.165) is 5.56 Å². The van der Waals surface area contributed by atoms with Crippen molar-refractivity contribution in [3.05, 3.63) is 65.7 Å². The number of amides is 2. The van der Waals surface area contributed by atoms with Crippen LogP contribution < -0.4 is 5.32 Å². The minimum absolute atomic E-state index is 0.222. The summed E-state index contributed by atoms with van der Waals surface area (Å²) in [6, 6.07) is 15.3. The molecule has 0 bridgehead atoms. The van der Waals surface area contributed by atoms with Crippen molar-refractivity contribution in [2.45, 2.75) is 33.4 Å². The summed E-state index contributed by atoms with van der Waals surface area (Å²) >= 11 is 0. The number of carbonyl (C=O) groups excluding carboxylic acids is 3. The van der Waals surface area contributed by atoms with Crippen molar-refractivity contribution in [3.63, 3.8) is 0 Å². The van der Waals surface area contributed by atoms with Gasteiger partial charge in [-0.2, -0.15) is 0 Å². The van der Waals surface area contributed by atoms with Gasteiger partial charge >= 0.3 is 5.97 Å². The van der Waals surface area contributed by atoms with E-state index < -0.39 is 12.0 Å². The lowest BCUT2D eigenvalue weighted by molar-refractivity contribution is -0.148. The van der Waals surface area contributed by atoms with Crippen molar-refractivity contribution in [1.82, 2.24) is 4.90 Å². The van der Waals surface area contributed by atoms with Crippen molar-refractivity contribution in [1.29, 1.82) is 0 Å². The first-order chi connectivity index (χ1) is 12.9. The van der Waals surface area contributed by atoms with Crippen LogP contribution in [-0.2, 0) is 20.9 Å². The molecule has 27 heavy (non-hydrogen) atoms. The molecule has 0 fully saturated rings. The van der Waals surface area contributed by atoms with Crippen LogP contribution >= 0.6 is 0 Å². The third kappa shape index (κ3) is 5.67. The zero-order valence-electron chi connectivity index (χ0n) is 15.8. The van der Waals surface area contributed by atoms with Gasteiger partial charge in [-0.15, -0.1) is 0 Å². The monoisotopic (exact) mass is 368 g/mol. The summed E-state index contributed by atoms with van der Waals surface area (Å²) in [4.78, 5) is 38.1. The van der Waals surface area contributed by atoms with E-state index >= 15 is 0 Å². The van der Waals surface area contributed by atoms with E-state index in [9.17, 15) is 14.4 Å². The molecule has 2 aromatic rings. The Labute approximate surface area is 159 Å². The highest BCUT2D eigenvalue weighted by Gasteiger charge is 2.28. The van der Waals surface area contributed by atoms with Crippen LogP contribution in [0.3, 0.4) is 0 Å². The SMILES string of the molecule is CCOC(=O)C(C)N(Cc1ccccc1)C(=O)c1cccc(NC(C)=O)c1. The molecule has 0 heterocycles. The average Bonchev–Trinajstić information content (AvgIpc) is 2.66. The lowest BCUT2D eigenvalue weighted by Crippen LogP contribution is -2.43. The minimum atomic E-state index is -0.748. The molecule has 0 aliphatic rings. The summed E-state index contributed by atoms with van der Waals surface area (Å²) in [6.45, 7) is 5.29. The van der Waals surface area contributed by atoms with Crippen molar-refractivity contribution in [3.8, 4) is 0 Å². The first-order valence-corrected chi connectivity index (χ1v) is 8.81. The highest BCUT2D eigenvalue weighted by molar-refractivity contribution is 5.98. The summed E-state index contributed by atoms with van der Waals surface area (Å²) < 4.78 is 5.09. The van der Waals surface area contributed by atoms with Crippen LogP contribution in [0.1, 0.15) is 36.7 Å². The van der Waals surface area contributed by atoms with E-state index in [1.165, 1.54) is 11.8 Å². The van der Waals surface area contributed by atoms with E-state index in [2.05, 4.69) is 5.32 Å². The van der Waals surface area contributed by atoms with Gasteiger partial charge in [-0.25, -0.2) is 4.79 Å². The molecule has 2 rings (SSSR count). The molecule has 0 aliphatic carbocycles. The van der Waals surface area contributed by atoms with Crippen molar-refractivity contribution >= 4 is 23.5 Å². The molecule has 1 unspecified atom stereocenters. The van der Waals surface area contributed by atoms with Crippen LogP contribution in [0.5, 0.6) is 0 Å². The molecular formula is C21H24N2O4. The molecule has 142 valence electrons. The predicted octanol–water partition coefficient (Wildman–Crippen LogP) is 3.24. The fraction of sp³-hybridized carbons (Fsp3) is 0.286. The van der Waals surface area contributed by atoms with E-state index in [4.69, 9.17) is 4.74 Å². The highest BCUT2D eigenvalue weighted by atomic mass is 16.5. The number of anilines is 1. The Bertz CT molecular complexity index is 805. The first-order valence-electron chi connectivity index (χ1n) is 8.81.